The van der Waals surface area contributed by atoms with E-state index in [1.54, 1.807) is 18.4 Å². The Kier molecular flexibility index (Phi) is 3.86. The number of halogens is 1. The lowest BCUT2D eigenvalue weighted by Gasteiger charge is -2.32. The van der Waals surface area contributed by atoms with Gasteiger partial charge in [-0.05, 0) is 45.3 Å². The van der Waals surface area contributed by atoms with Crippen molar-refractivity contribution in [2.75, 3.05) is 6.26 Å². The molecule has 1 saturated heterocycles. The fourth-order valence-electron chi connectivity index (χ4n) is 1.88. The first kappa shape index (κ1) is 15.0. The maximum absolute atomic E-state index is 11.5. The third kappa shape index (κ3) is 2.75. The van der Waals surface area contributed by atoms with E-state index >= 15 is 0 Å². The standard InChI is InChI=1S/C13H18BClO3S/c1-12(2)13(3,4)18-14(17-12)9-6-7-11(19(5)16)10(15)8-9/h6-8H,1-5H3. The largest absolute Gasteiger partial charge is 0.494 e. The van der Waals surface area contributed by atoms with E-state index < -0.39 is 17.9 Å². The van der Waals surface area contributed by atoms with E-state index in [0.717, 1.165) is 5.46 Å². The van der Waals surface area contributed by atoms with Crippen molar-refractivity contribution in [1.29, 1.82) is 0 Å². The van der Waals surface area contributed by atoms with Crippen LogP contribution in [-0.2, 0) is 20.1 Å². The van der Waals surface area contributed by atoms with Crippen LogP contribution in [0.3, 0.4) is 0 Å². The van der Waals surface area contributed by atoms with Crippen molar-refractivity contribution in [2.45, 2.75) is 43.8 Å². The highest BCUT2D eigenvalue weighted by Gasteiger charge is 2.51. The van der Waals surface area contributed by atoms with Gasteiger partial charge in [-0.15, -0.1) is 0 Å². The van der Waals surface area contributed by atoms with E-state index in [-0.39, 0.29) is 11.2 Å². The van der Waals surface area contributed by atoms with Crippen LogP contribution in [0.2, 0.25) is 5.02 Å². The summed E-state index contributed by atoms with van der Waals surface area (Å²) >= 11 is 6.14. The zero-order valence-electron chi connectivity index (χ0n) is 11.8. The number of rotatable bonds is 2. The molecule has 6 heteroatoms. The van der Waals surface area contributed by atoms with Gasteiger partial charge in [0, 0.05) is 6.26 Å². The van der Waals surface area contributed by atoms with Gasteiger partial charge < -0.3 is 9.31 Å². The lowest BCUT2D eigenvalue weighted by Crippen LogP contribution is -2.41. The van der Waals surface area contributed by atoms with E-state index in [0.29, 0.717) is 9.92 Å². The molecule has 0 aromatic heterocycles. The monoisotopic (exact) mass is 300 g/mol. The van der Waals surface area contributed by atoms with Crippen molar-refractivity contribution in [3.8, 4) is 0 Å². The molecule has 0 N–H and O–H groups in total. The third-order valence-corrected chi connectivity index (χ3v) is 5.19. The van der Waals surface area contributed by atoms with Crippen molar-refractivity contribution in [1.82, 2.24) is 0 Å². The molecule has 1 aromatic rings. The van der Waals surface area contributed by atoms with Crippen molar-refractivity contribution in [3.05, 3.63) is 23.2 Å². The fourth-order valence-corrected chi connectivity index (χ4v) is 2.98. The zero-order chi connectivity index (χ0) is 14.4. The third-order valence-electron chi connectivity index (χ3n) is 3.79. The van der Waals surface area contributed by atoms with Gasteiger partial charge in [-0.3, -0.25) is 4.21 Å². The average molecular weight is 301 g/mol. The van der Waals surface area contributed by atoms with Crippen LogP contribution in [0, 0.1) is 0 Å². The van der Waals surface area contributed by atoms with E-state index in [4.69, 9.17) is 20.9 Å². The molecule has 19 heavy (non-hydrogen) atoms. The van der Waals surface area contributed by atoms with Gasteiger partial charge in [-0.2, -0.15) is 0 Å². The van der Waals surface area contributed by atoms with Crippen LogP contribution >= 0.6 is 11.6 Å². The number of hydrogen-bond acceptors (Lipinski definition) is 3. The average Bonchev–Trinajstić information content (AvgIpc) is 2.47. The summed E-state index contributed by atoms with van der Waals surface area (Å²) in [4.78, 5) is 0.627. The second kappa shape index (κ2) is 4.88. The van der Waals surface area contributed by atoms with Gasteiger partial charge in [0.1, 0.15) is 0 Å². The Labute approximate surface area is 122 Å². The van der Waals surface area contributed by atoms with Gasteiger partial charge in [-0.25, -0.2) is 0 Å². The molecule has 0 spiro atoms. The minimum atomic E-state index is -1.09. The second-order valence-corrected chi connectivity index (χ2v) is 7.49. The molecule has 0 saturated carbocycles. The Hall–Kier alpha value is -0.355. The highest BCUT2D eigenvalue weighted by Crippen LogP contribution is 2.36. The van der Waals surface area contributed by atoms with Gasteiger partial charge in [-0.1, -0.05) is 17.7 Å². The summed E-state index contributed by atoms with van der Waals surface area (Å²) in [6.07, 6.45) is 1.61. The second-order valence-electron chi connectivity index (χ2n) is 5.73. The molecule has 1 aromatic carbocycles. The summed E-state index contributed by atoms with van der Waals surface area (Å²) in [5, 5.41) is 0.480. The molecular weight excluding hydrogens is 282 g/mol. The quantitative estimate of drug-likeness (QED) is 0.787. The Morgan fingerprint density at radius 1 is 1.16 bits per heavy atom. The molecule has 0 amide bonds. The van der Waals surface area contributed by atoms with E-state index in [1.807, 2.05) is 33.8 Å². The number of benzene rings is 1. The van der Waals surface area contributed by atoms with Gasteiger partial charge in [0.25, 0.3) is 0 Å². The first-order chi connectivity index (χ1) is 8.64. The van der Waals surface area contributed by atoms with Gasteiger partial charge >= 0.3 is 7.12 Å². The highest BCUT2D eigenvalue weighted by atomic mass is 35.5. The van der Waals surface area contributed by atoms with Crippen LogP contribution in [0.15, 0.2) is 23.1 Å². The van der Waals surface area contributed by atoms with Crippen molar-refractivity contribution < 1.29 is 13.5 Å². The minimum Gasteiger partial charge on any atom is -0.399 e. The van der Waals surface area contributed by atoms with Gasteiger partial charge in [0.2, 0.25) is 0 Å². The zero-order valence-corrected chi connectivity index (χ0v) is 13.4. The van der Waals surface area contributed by atoms with Crippen LogP contribution in [0.25, 0.3) is 0 Å². The topological polar surface area (TPSA) is 35.5 Å². The summed E-state index contributed by atoms with van der Waals surface area (Å²) in [7, 11) is -1.54. The lowest BCUT2D eigenvalue weighted by atomic mass is 9.79. The summed E-state index contributed by atoms with van der Waals surface area (Å²) in [6.45, 7) is 8.02. The molecule has 1 fully saturated rings. The predicted molar refractivity (Wildman–Crippen MR) is 79.5 cm³/mol. The Bertz CT molecular complexity index is 515. The molecule has 104 valence electrons. The molecule has 0 aliphatic carbocycles. The van der Waals surface area contributed by atoms with Crippen LogP contribution in [-0.4, -0.2) is 28.8 Å². The van der Waals surface area contributed by atoms with Crippen LogP contribution in [0.5, 0.6) is 0 Å². The molecule has 1 aliphatic rings. The summed E-state index contributed by atoms with van der Waals surface area (Å²) < 4.78 is 23.4. The maximum Gasteiger partial charge on any atom is 0.494 e. The van der Waals surface area contributed by atoms with Crippen LogP contribution < -0.4 is 5.46 Å². The molecule has 0 bridgehead atoms. The van der Waals surface area contributed by atoms with E-state index in [1.165, 1.54) is 0 Å². The fraction of sp³-hybridized carbons (Fsp3) is 0.538. The van der Waals surface area contributed by atoms with E-state index in [2.05, 4.69) is 0 Å². The molecule has 1 unspecified atom stereocenters. The molecule has 2 rings (SSSR count). The van der Waals surface area contributed by atoms with E-state index in [9.17, 15) is 4.21 Å². The van der Waals surface area contributed by atoms with Crippen LogP contribution in [0.1, 0.15) is 27.7 Å². The molecular formula is C13H18BClO3S. The Morgan fingerprint density at radius 2 is 1.68 bits per heavy atom. The van der Waals surface area contributed by atoms with Gasteiger partial charge in [0.15, 0.2) is 0 Å². The molecule has 1 heterocycles. The smallest absolute Gasteiger partial charge is 0.399 e. The maximum atomic E-state index is 11.5. The van der Waals surface area contributed by atoms with Crippen LogP contribution in [0.4, 0.5) is 0 Å². The molecule has 1 atom stereocenters. The highest BCUT2D eigenvalue weighted by molar-refractivity contribution is 7.84. The van der Waals surface area contributed by atoms with Crippen molar-refractivity contribution in [2.24, 2.45) is 0 Å². The number of hydrogen-bond donors (Lipinski definition) is 0. The SMILES string of the molecule is CS(=O)c1ccc(B2OC(C)(C)C(C)(C)O2)cc1Cl. The first-order valence-electron chi connectivity index (χ1n) is 6.12. The molecule has 0 radical (unpaired) electrons. The summed E-state index contributed by atoms with van der Waals surface area (Å²) in [6, 6.07) is 5.38. The molecule has 3 nitrogen and oxygen atoms in total. The minimum absolute atomic E-state index is 0.379. The summed E-state index contributed by atoms with van der Waals surface area (Å²) in [5.74, 6) is 0. The normalized spacial score (nSPS) is 22.5. The Balaban J connectivity index is 2.31. The van der Waals surface area contributed by atoms with Crippen molar-refractivity contribution in [3.63, 3.8) is 0 Å². The van der Waals surface area contributed by atoms with Gasteiger partial charge in [0.05, 0.1) is 31.9 Å². The molecule has 1 aliphatic heterocycles. The Morgan fingerprint density at radius 3 is 2.11 bits per heavy atom. The first-order valence-corrected chi connectivity index (χ1v) is 8.06. The lowest BCUT2D eigenvalue weighted by molar-refractivity contribution is 0.00578. The predicted octanol–water partition coefficient (Wildman–Crippen LogP) is 2.38. The summed E-state index contributed by atoms with van der Waals surface area (Å²) in [5.41, 5.74) is 0.0881. The van der Waals surface area contributed by atoms with Crippen molar-refractivity contribution >= 4 is 35.0 Å².